The van der Waals surface area contributed by atoms with Crippen molar-refractivity contribution in [3.8, 4) is 42.4 Å². The summed E-state index contributed by atoms with van der Waals surface area (Å²) in [6.07, 6.45) is 18.6. The SMILES string of the molecule is CCCCCCCCC1(CCCCCCCC)c2cc(C)ccc2-c2ccc(-c3ccc(-c4ccc(N(c5ccccc5)c5ccc(-c6ccc(C)s6)cc5)cc4)s3)cc21. The first-order valence-corrected chi connectivity index (χ1v) is 24.6. The molecule has 0 spiro atoms. The monoisotopic (exact) mass is 825 g/mol. The van der Waals surface area contributed by atoms with E-state index in [9.17, 15) is 0 Å². The molecule has 0 aliphatic heterocycles. The zero-order valence-electron chi connectivity index (χ0n) is 36.4. The number of unbranched alkanes of at least 4 members (excludes halogenated alkanes) is 10. The first-order chi connectivity index (χ1) is 29.5. The van der Waals surface area contributed by atoms with Gasteiger partial charge in [0, 0.05) is 42.0 Å². The van der Waals surface area contributed by atoms with Gasteiger partial charge < -0.3 is 4.90 Å². The minimum Gasteiger partial charge on any atom is -0.311 e. The molecule has 0 fully saturated rings. The highest BCUT2D eigenvalue weighted by Gasteiger charge is 2.42. The predicted molar refractivity (Wildman–Crippen MR) is 265 cm³/mol. The molecule has 0 saturated carbocycles. The number of fused-ring (bicyclic) bond motifs is 3. The van der Waals surface area contributed by atoms with Crippen LogP contribution < -0.4 is 4.90 Å². The van der Waals surface area contributed by atoms with Gasteiger partial charge >= 0.3 is 0 Å². The van der Waals surface area contributed by atoms with Crippen LogP contribution in [0.4, 0.5) is 17.1 Å². The van der Waals surface area contributed by atoms with Gasteiger partial charge in [-0.1, -0.05) is 169 Å². The zero-order chi connectivity index (χ0) is 41.3. The molecular formula is C57H63NS2. The number of para-hydroxylation sites is 1. The van der Waals surface area contributed by atoms with Crippen molar-refractivity contribution in [1.82, 2.24) is 0 Å². The molecule has 7 aromatic rings. The average Bonchev–Trinajstić information content (AvgIpc) is 4.02. The topological polar surface area (TPSA) is 3.24 Å². The van der Waals surface area contributed by atoms with Crippen molar-refractivity contribution in [2.75, 3.05) is 4.90 Å². The highest BCUT2D eigenvalue weighted by Crippen LogP contribution is 2.55. The Bertz CT molecular complexity index is 2420. The number of benzene rings is 5. The van der Waals surface area contributed by atoms with Gasteiger partial charge in [0.2, 0.25) is 0 Å². The average molecular weight is 826 g/mol. The Labute approximate surface area is 369 Å². The van der Waals surface area contributed by atoms with Gasteiger partial charge in [-0.15, -0.1) is 22.7 Å². The minimum absolute atomic E-state index is 0.0894. The van der Waals surface area contributed by atoms with Crippen LogP contribution in [0.25, 0.3) is 42.4 Å². The van der Waals surface area contributed by atoms with Crippen molar-refractivity contribution in [2.24, 2.45) is 0 Å². The quantitative estimate of drug-likeness (QED) is 0.0692. The molecular weight excluding hydrogens is 763 g/mol. The Hall–Kier alpha value is -4.70. The van der Waals surface area contributed by atoms with Crippen LogP contribution in [0.15, 0.2) is 140 Å². The van der Waals surface area contributed by atoms with Gasteiger partial charge in [0.05, 0.1) is 0 Å². The van der Waals surface area contributed by atoms with E-state index >= 15 is 0 Å². The minimum atomic E-state index is 0.0894. The van der Waals surface area contributed by atoms with E-state index in [1.54, 1.807) is 11.1 Å². The van der Waals surface area contributed by atoms with E-state index < -0.39 is 0 Å². The van der Waals surface area contributed by atoms with Crippen molar-refractivity contribution in [3.63, 3.8) is 0 Å². The van der Waals surface area contributed by atoms with E-state index in [2.05, 4.69) is 172 Å². The van der Waals surface area contributed by atoms with Crippen LogP contribution in [0.1, 0.15) is 125 Å². The van der Waals surface area contributed by atoms with E-state index in [4.69, 9.17) is 0 Å². The summed E-state index contributed by atoms with van der Waals surface area (Å²) in [5.74, 6) is 0. The van der Waals surface area contributed by atoms with Crippen LogP contribution >= 0.6 is 22.7 Å². The molecule has 1 aliphatic carbocycles. The fourth-order valence-corrected chi connectivity index (χ4v) is 11.5. The molecule has 1 nitrogen and oxygen atoms in total. The molecule has 0 saturated heterocycles. The van der Waals surface area contributed by atoms with Crippen molar-refractivity contribution in [3.05, 3.63) is 161 Å². The Morgan fingerprint density at radius 2 is 0.883 bits per heavy atom. The molecule has 0 radical (unpaired) electrons. The third kappa shape index (κ3) is 9.29. The van der Waals surface area contributed by atoms with Crippen molar-refractivity contribution >= 4 is 39.7 Å². The number of aryl methyl sites for hydroxylation is 2. The lowest BCUT2D eigenvalue weighted by Gasteiger charge is -2.33. The zero-order valence-corrected chi connectivity index (χ0v) is 38.1. The Kier molecular flexibility index (Phi) is 13.9. The summed E-state index contributed by atoms with van der Waals surface area (Å²) in [5.41, 5.74) is 15.0. The third-order valence-electron chi connectivity index (χ3n) is 12.9. The summed E-state index contributed by atoms with van der Waals surface area (Å²) in [7, 11) is 0. The molecule has 0 N–H and O–H groups in total. The fraction of sp³-hybridized carbons (Fsp3) is 0.333. The molecule has 2 aromatic heterocycles. The van der Waals surface area contributed by atoms with E-state index in [1.807, 2.05) is 22.7 Å². The van der Waals surface area contributed by atoms with Crippen molar-refractivity contribution < 1.29 is 0 Å². The van der Waals surface area contributed by atoms with Gasteiger partial charge in [-0.3, -0.25) is 0 Å². The maximum absolute atomic E-state index is 2.61. The van der Waals surface area contributed by atoms with Crippen LogP contribution in [0.2, 0.25) is 0 Å². The van der Waals surface area contributed by atoms with Gasteiger partial charge in [-0.25, -0.2) is 0 Å². The molecule has 2 heterocycles. The molecule has 0 bridgehead atoms. The van der Waals surface area contributed by atoms with Crippen LogP contribution in [-0.2, 0) is 5.41 Å². The Morgan fingerprint density at radius 3 is 1.45 bits per heavy atom. The normalized spacial score (nSPS) is 12.7. The molecule has 3 heteroatoms. The fourth-order valence-electron chi connectivity index (χ4n) is 9.65. The standard InChI is InChI=1S/C57H63NS2/c1-5-7-9-11-13-18-38-57(39-19-14-12-10-8-6-2)52-40-42(3)22-33-50(52)51-34-28-46(41-53(51)57)56-37-36-55(60-56)45-26-31-49(32-27-45)58(47-20-16-15-17-21-47)48-29-24-44(25-30-48)54-35-23-43(4)59-54/h15-17,20-37,40-41H,5-14,18-19,38-39H2,1-4H3. The second kappa shape index (κ2) is 19.8. The molecule has 308 valence electrons. The molecule has 8 rings (SSSR count). The molecule has 1 aliphatic rings. The number of anilines is 3. The van der Waals surface area contributed by atoms with Crippen LogP contribution in [0, 0.1) is 13.8 Å². The van der Waals surface area contributed by atoms with Gasteiger partial charge in [-0.2, -0.15) is 0 Å². The van der Waals surface area contributed by atoms with Crippen LogP contribution in [-0.4, -0.2) is 0 Å². The summed E-state index contributed by atoms with van der Waals surface area (Å²) in [6, 6.07) is 52.8. The Morgan fingerprint density at radius 1 is 0.417 bits per heavy atom. The first kappa shape index (κ1) is 42.0. The van der Waals surface area contributed by atoms with Crippen molar-refractivity contribution in [1.29, 1.82) is 0 Å². The smallest absolute Gasteiger partial charge is 0.0462 e. The maximum Gasteiger partial charge on any atom is 0.0462 e. The lowest BCUT2D eigenvalue weighted by atomic mass is 9.70. The molecule has 0 atom stereocenters. The third-order valence-corrected chi connectivity index (χ3v) is 15.1. The molecule has 0 unspecified atom stereocenters. The number of hydrogen-bond donors (Lipinski definition) is 0. The van der Waals surface area contributed by atoms with Crippen molar-refractivity contribution in [2.45, 2.75) is 123 Å². The lowest BCUT2D eigenvalue weighted by Crippen LogP contribution is -2.25. The molecule has 60 heavy (non-hydrogen) atoms. The van der Waals surface area contributed by atoms with Gasteiger partial charge in [0.25, 0.3) is 0 Å². The summed E-state index contributed by atoms with van der Waals surface area (Å²) < 4.78 is 0. The molecule has 0 amide bonds. The van der Waals surface area contributed by atoms with E-state index in [1.165, 1.54) is 143 Å². The second-order valence-electron chi connectivity index (χ2n) is 17.3. The maximum atomic E-state index is 2.61. The lowest BCUT2D eigenvalue weighted by molar-refractivity contribution is 0.398. The Balaban J connectivity index is 1.07. The van der Waals surface area contributed by atoms with E-state index in [0.29, 0.717) is 0 Å². The van der Waals surface area contributed by atoms with Crippen LogP contribution in [0.3, 0.4) is 0 Å². The highest BCUT2D eigenvalue weighted by atomic mass is 32.1. The summed E-state index contributed by atoms with van der Waals surface area (Å²) in [5, 5.41) is 0. The first-order valence-electron chi connectivity index (χ1n) is 23.0. The highest BCUT2D eigenvalue weighted by molar-refractivity contribution is 7.18. The van der Waals surface area contributed by atoms with Gasteiger partial charge in [0.1, 0.15) is 0 Å². The number of hydrogen-bond acceptors (Lipinski definition) is 3. The largest absolute Gasteiger partial charge is 0.311 e. The predicted octanol–water partition coefficient (Wildman–Crippen LogP) is 18.7. The van der Waals surface area contributed by atoms with Crippen LogP contribution in [0.5, 0.6) is 0 Å². The number of nitrogens with zero attached hydrogens (tertiary/aromatic N) is 1. The summed E-state index contributed by atoms with van der Waals surface area (Å²) in [6.45, 7) is 9.11. The summed E-state index contributed by atoms with van der Waals surface area (Å²) >= 11 is 3.77. The molecule has 5 aromatic carbocycles. The number of thiophene rings is 2. The van der Waals surface area contributed by atoms with Gasteiger partial charge in [0.15, 0.2) is 0 Å². The van der Waals surface area contributed by atoms with E-state index in [-0.39, 0.29) is 5.41 Å². The summed E-state index contributed by atoms with van der Waals surface area (Å²) in [4.78, 5) is 7.67. The number of rotatable bonds is 20. The second-order valence-corrected chi connectivity index (χ2v) is 19.6. The van der Waals surface area contributed by atoms with E-state index in [0.717, 1.165) is 17.1 Å². The van der Waals surface area contributed by atoms with Gasteiger partial charge in [-0.05, 0) is 132 Å².